The van der Waals surface area contributed by atoms with E-state index in [1.165, 1.54) is 0 Å². The van der Waals surface area contributed by atoms with Gasteiger partial charge in [-0.15, -0.1) is 0 Å². The fourth-order valence-corrected chi connectivity index (χ4v) is 2.02. The third-order valence-corrected chi connectivity index (χ3v) is 3.30. The molecular weight excluding hydrogens is 314 g/mol. The van der Waals surface area contributed by atoms with E-state index in [0.29, 0.717) is 10.8 Å². The Morgan fingerprint density at radius 2 is 1.87 bits per heavy atom. The SMILES string of the molecule is O=C(NN=Cc1ccccc1)c1cc(-c2ccc(Cl)cc2)on1. The smallest absolute Gasteiger partial charge is 0.293 e. The topological polar surface area (TPSA) is 67.5 Å². The molecule has 23 heavy (non-hydrogen) atoms. The number of nitrogens with one attached hydrogen (secondary N) is 1. The summed E-state index contributed by atoms with van der Waals surface area (Å²) >= 11 is 5.84. The van der Waals surface area contributed by atoms with Crippen LogP contribution < -0.4 is 5.43 Å². The second kappa shape index (κ2) is 6.89. The van der Waals surface area contributed by atoms with Gasteiger partial charge in [-0.05, 0) is 29.8 Å². The maximum atomic E-state index is 12.0. The number of aromatic nitrogens is 1. The van der Waals surface area contributed by atoms with Crippen molar-refractivity contribution in [3.05, 3.63) is 76.9 Å². The van der Waals surface area contributed by atoms with E-state index in [2.05, 4.69) is 15.7 Å². The van der Waals surface area contributed by atoms with Gasteiger partial charge in [0.05, 0.1) is 6.21 Å². The highest BCUT2D eigenvalue weighted by molar-refractivity contribution is 6.30. The van der Waals surface area contributed by atoms with Crippen molar-refractivity contribution in [3.8, 4) is 11.3 Å². The summed E-state index contributed by atoms with van der Waals surface area (Å²) in [5, 5.41) is 8.26. The first kappa shape index (κ1) is 15.0. The number of nitrogens with zero attached hydrogens (tertiary/aromatic N) is 2. The largest absolute Gasteiger partial charge is 0.355 e. The number of hydrogen-bond donors (Lipinski definition) is 1. The van der Waals surface area contributed by atoms with Crippen LogP contribution in [0.3, 0.4) is 0 Å². The molecule has 1 aromatic heterocycles. The van der Waals surface area contributed by atoms with Gasteiger partial charge in [0, 0.05) is 16.7 Å². The van der Waals surface area contributed by atoms with Gasteiger partial charge < -0.3 is 4.52 Å². The van der Waals surface area contributed by atoms with Crippen LogP contribution in [0.4, 0.5) is 0 Å². The van der Waals surface area contributed by atoms with Gasteiger partial charge in [0.1, 0.15) is 0 Å². The summed E-state index contributed by atoms with van der Waals surface area (Å²) in [6, 6.07) is 18.1. The highest BCUT2D eigenvalue weighted by Crippen LogP contribution is 2.22. The van der Waals surface area contributed by atoms with Crippen LogP contribution in [-0.2, 0) is 0 Å². The average molecular weight is 326 g/mol. The minimum atomic E-state index is -0.443. The van der Waals surface area contributed by atoms with Gasteiger partial charge in [0.25, 0.3) is 5.91 Å². The van der Waals surface area contributed by atoms with Crippen LogP contribution in [0.25, 0.3) is 11.3 Å². The number of hydrogen-bond acceptors (Lipinski definition) is 4. The number of halogens is 1. The summed E-state index contributed by atoms with van der Waals surface area (Å²) in [4.78, 5) is 12.0. The van der Waals surface area contributed by atoms with Crippen molar-refractivity contribution in [3.63, 3.8) is 0 Å². The fraction of sp³-hybridized carbons (Fsp3) is 0. The van der Waals surface area contributed by atoms with Gasteiger partial charge in [-0.1, -0.05) is 47.1 Å². The van der Waals surface area contributed by atoms with Crippen LogP contribution >= 0.6 is 11.6 Å². The molecule has 6 heteroatoms. The number of carbonyl (C=O) groups excluding carboxylic acids is 1. The van der Waals surface area contributed by atoms with E-state index in [4.69, 9.17) is 16.1 Å². The predicted molar refractivity (Wildman–Crippen MR) is 88.5 cm³/mol. The molecule has 114 valence electrons. The van der Waals surface area contributed by atoms with Gasteiger partial charge in [-0.2, -0.15) is 5.10 Å². The van der Waals surface area contributed by atoms with E-state index in [1.54, 1.807) is 36.5 Å². The zero-order valence-corrected chi connectivity index (χ0v) is 12.7. The maximum Gasteiger partial charge on any atom is 0.293 e. The average Bonchev–Trinajstić information content (AvgIpc) is 3.06. The van der Waals surface area contributed by atoms with Gasteiger partial charge >= 0.3 is 0 Å². The Morgan fingerprint density at radius 1 is 1.13 bits per heavy atom. The van der Waals surface area contributed by atoms with Gasteiger partial charge in [-0.3, -0.25) is 4.79 Å². The van der Waals surface area contributed by atoms with Crippen molar-refractivity contribution in [2.24, 2.45) is 5.10 Å². The summed E-state index contributed by atoms with van der Waals surface area (Å²) in [6.45, 7) is 0. The highest BCUT2D eigenvalue weighted by atomic mass is 35.5. The number of amides is 1. The van der Waals surface area contributed by atoms with Crippen molar-refractivity contribution in [1.82, 2.24) is 10.6 Å². The van der Waals surface area contributed by atoms with Crippen LogP contribution in [0, 0.1) is 0 Å². The van der Waals surface area contributed by atoms with Crippen molar-refractivity contribution in [2.45, 2.75) is 0 Å². The van der Waals surface area contributed by atoms with E-state index in [9.17, 15) is 4.79 Å². The minimum absolute atomic E-state index is 0.153. The van der Waals surface area contributed by atoms with Crippen LogP contribution in [0.15, 0.2) is 70.3 Å². The molecule has 0 fully saturated rings. The Balaban J connectivity index is 1.67. The molecule has 3 rings (SSSR count). The molecule has 1 N–H and O–H groups in total. The Bertz CT molecular complexity index is 827. The second-order valence-electron chi connectivity index (χ2n) is 4.69. The van der Waals surface area contributed by atoms with Crippen LogP contribution in [0.1, 0.15) is 16.1 Å². The fourth-order valence-electron chi connectivity index (χ4n) is 1.89. The number of benzene rings is 2. The molecule has 0 aliphatic carbocycles. The van der Waals surface area contributed by atoms with Crippen LogP contribution in [0.5, 0.6) is 0 Å². The zero-order chi connectivity index (χ0) is 16.1. The van der Waals surface area contributed by atoms with E-state index in [-0.39, 0.29) is 5.69 Å². The molecule has 0 aliphatic heterocycles. The monoisotopic (exact) mass is 325 g/mol. The minimum Gasteiger partial charge on any atom is -0.355 e. The molecular formula is C17H12ClN3O2. The second-order valence-corrected chi connectivity index (χ2v) is 5.13. The molecule has 1 heterocycles. The van der Waals surface area contributed by atoms with Crippen molar-refractivity contribution < 1.29 is 9.32 Å². The normalized spacial score (nSPS) is 10.8. The molecule has 0 radical (unpaired) electrons. The number of hydrazone groups is 1. The van der Waals surface area contributed by atoms with E-state index in [1.807, 2.05) is 30.3 Å². The molecule has 0 unspecified atom stereocenters. The van der Waals surface area contributed by atoms with E-state index in [0.717, 1.165) is 11.1 Å². The molecule has 0 atom stereocenters. The van der Waals surface area contributed by atoms with Crippen molar-refractivity contribution in [1.29, 1.82) is 0 Å². The Kier molecular flexibility index (Phi) is 4.49. The van der Waals surface area contributed by atoms with Crippen LogP contribution in [0.2, 0.25) is 5.02 Å². The maximum absolute atomic E-state index is 12.0. The lowest BCUT2D eigenvalue weighted by molar-refractivity contribution is 0.0946. The zero-order valence-electron chi connectivity index (χ0n) is 11.9. The lowest BCUT2D eigenvalue weighted by atomic mass is 10.1. The van der Waals surface area contributed by atoms with E-state index >= 15 is 0 Å². The third kappa shape index (κ3) is 3.84. The molecule has 0 bridgehead atoms. The summed E-state index contributed by atoms with van der Waals surface area (Å²) in [6.07, 6.45) is 1.55. The molecule has 2 aromatic carbocycles. The van der Waals surface area contributed by atoms with Gasteiger partial charge in [-0.25, -0.2) is 5.43 Å². The highest BCUT2D eigenvalue weighted by Gasteiger charge is 2.13. The lowest BCUT2D eigenvalue weighted by Crippen LogP contribution is -2.17. The molecule has 3 aromatic rings. The third-order valence-electron chi connectivity index (χ3n) is 3.05. The van der Waals surface area contributed by atoms with Gasteiger partial charge in [0.2, 0.25) is 0 Å². The molecule has 5 nitrogen and oxygen atoms in total. The van der Waals surface area contributed by atoms with Crippen molar-refractivity contribution in [2.75, 3.05) is 0 Å². The quantitative estimate of drug-likeness (QED) is 0.586. The molecule has 0 saturated carbocycles. The molecule has 0 saturated heterocycles. The lowest BCUT2D eigenvalue weighted by Gasteiger charge is -1.95. The summed E-state index contributed by atoms with van der Waals surface area (Å²) in [7, 11) is 0. The Labute approximate surface area is 137 Å². The summed E-state index contributed by atoms with van der Waals surface area (Å²) in [5.74, 6) is 0.0417. The number of carbonyl (C=O) groups is 1. The summed E-state index contributed by atoms with van der Waals surface area (Å²) < 4.78 is 5.17. The standard InChI is InChI=1S/C17H12ClN3O2/c18-14-8-6-13(7-9-14)16-10-15(21-23-16)17(22)20-19-11-12-4-2-1-3-5-12/h1-11H,(H,20,22). The predicted octanol–water partition coefficient (Wildman–Crippen LogP) is 3.76. The Morgan fingerprint density at radius 3 is 2.61 bits per heavy atom. The Hall–Kier alpha value is -2.92. The first-order valence-corrected chi connectivity index (χ1v) is 7.21. The van der Waals surface area contributed by atoms with Gasteiger partial charge in [0.15, 0.2) is 11.5 Å². The molecule has 0 aliphatic rings. The van der Waals surface area contributed by atoms with E-state index < -0.39 is 5.91 Å². The molecule has 1 amide bonds. The first-order valence-electron chi connectivity index (χ1n) is 6.83. The first-order chi connectivity index (χ1) is 11.2. The number of rotatable bonds is 4. The molecule has 0 spiro atoms. The summed E-state index contributed by atoms with van der Waals surface area (Å²) in [5.41, 5.74) is 4.23. The van der Waals surface area contributed by atoms with Crippen molar-refractivity contribution >= 4 is 23.7 Å². The van der Waals surface area contributed by atoms with Crippen LogP contribution in [-0.4, -0.2) is 17.3 Å².